The molecule has 1 aliphatic rings. The van der Waals surface area contributed by atoms with E-state index in [4.69, 9.17) is 0 Å². The molecule has 0 unspecified atom stereocenters. The van der Waals surface area contributed by atoms with E-state index in [-0.39, 0.29) is 11.8 Å². The third kappa shape index (κ3) is 3.28. The number of nitrogens with zero attached hydrogens (tertiary/aromatic N) is 2. The Morgan fingerprint density at radius 3 is 3.00 bits per heavy atom. The van der Waals surface area contributed by atoms with Crippen LogP contribution in [0.1, 0.15) is 12.6 Å². The number of pyridine rings is 1. The van der Waals surface area contributed by atoms with Gasteiger partial charge in [0.1, 0.15) is 0 Å². The summed E-state index contributed by atoms with van der Waals surface area (Å²) in [7, 11) is -3.18. The molecule has 100 valence electrons. The SMILES string of the molecule is C[C@@H]1CNCCN1S(=O)(=O)CCc1ccccn1. The number of hydrogen-bond acceptors (Lipinski definition) is 4. The second kappa shape index (κ2) is 5.77. The van der Waals surface area contributed by atoms with Gasteiger partial charge in [-0.15, -0.1) is 0 Å². The highest BCUT2D eigenvalue weighted by atomic mass is 32.2. The van der Waals surface area contributed by atoms with E-state index in [0.717, 1.165) is 18.8 Å². The highest BCUT2D eigenvalue weighted by molar-refractivity contribution is 7.89. The molecule has 0 spiro atoms. The molecule has 1 aliphatic heterocycles. The number of hydrogen-bond donors (Lipinski definition) is 1. The normalized spacial score (nSPS) is 21.9. The van der Waals surface area contributed by atoms with Crippen molar-refractivity contribution in [3.05, 3.63) is 30.1 Å². The van der Waals surface area contributed by atoms with Crippen molar-refractivity contribution in [3.8, 4) is 0 Å². The molecule has 6 heteroatoms. The average molecular weight is 269 g/mol. The van der Waals surface area contributed by atoms with Crippen LogP contribution in [-0.2, 0) is 16.4 Å². The minimum absolute atomic E-state index is 0.0347. The van der Waals surface area contributed by atoms with Crippen LogP contribution < -0.4 is 5.32 Å². The molecule has 1 aromatic rings. The number of piperazine rings is 1. The molecule has 1 aromatic heterocycles. The summed E-state index contributed by atoms with van der Waals surface area (Å²) in [5.74, 6) is 0.133. The Morgan fingerprint density at radius 2 is 2.33 bits per heavy atom. The molecular formula is C12H19N3O2S. The number of rotatable bonds is 4. The van der Waals surface area contributed by atoms with Gasteiger partial charge in [-0.25, -0.2) is 8.42 Å². The van der Waals surface area contributed by atoms with Gasteiger partial charge in [-0.2, -0.15) is 4.31 Å². The topological polar surface area (TPSA) is 62.3 Å². The predicted molar refractivity (Wildman–Crippen MR) is 70.8 cm³/mol. The van der Waals surface area contributed by atoms with Crippen LogP contribution in [0.3, 0.4) is 0 Å². The summed E-state index contributed by atoms with van der Waals surface area (Å²) in [6.45, 7) is 3.95. The summed E-state index contributed by atoms with van der Waals surface area (Å²) < 4.78 is 26.1. The first-order valence-corrected chi connectivity index (χ1v) is 7.80. The fourth-order valence-corrected chi connectivity index (χ4v) is 3.83. The summed E-state index contributed by atoms with van der Waals surface area (Å²) in [6.07, 6.45) is 2.16. The molecular weight excluding hydrogens is 250 g/mol. The van der Waals surface area contributed by atoms with Gasteiger partial charge in [-0.05, 0) is 19.1 Å². The van der Waals surface area contributed by atoms with Crippen LogP contribution in [0.15, 0.2) is 24.4 Å². The Hall–Kier alpha value is -0.980. The number of sulfonamides is 1. The van der Waals surface area contributed by atoms with Crippen LogP contribution in [0.2, 0.25) is 0 Å². The van der Waals surface area contributed by atoms with Crippen molar-refractivity contribution in [1.82, 2.24) is 14.6 Å². The fourth-order valence-electron chi connectivity index (χ4n) is 2.13. The van der Waals surface area contributed by atoms with E-state index in [0.29, 0.717) is 13.0 Å². The maximum Gasteiger partial charge on any atom is 0.214 e. The molecule has 0 saturated carbocycles. The van der Waals surface area contributed by atoms with Crippen LogP contribution >= 0.6 is 0 Å². The van der Waals surface area contributed by atoms with E-state index >= 15 is 0 Å². The molecule has 5 nitrogen and oxygen atoms in total. The summed E-state index contributed by atoms with van der Waals surface area (Å²) in [4.78, 5) is 4.15. The number of nitrogens with one attached hydrogen (secondary N) is 1. The van der Waals surface area contributed by atoms with Gasteiger partial charge in [-0.3, -0.25) is 4.98 Å². The fraction of sp³-hybridized carbons (Fsp3) is 0.583. The highest BCUT2D eigenvalue weighted by Crippen LogP contribution is 2.11. The minimum Gasteiger partial charge on any atom is -0.314 e. The Morgan fingerprint density at radius 1 is 1.50 bits per heavy atom. The van der Waals surface area contributed by atoms with Crippen LogP contribution in [0.5, 0.6) is 0 Å². The number of aromatic nitrogens is 1. The standard InChI is InChI=1S/C12H19N3O2S/c1-11-10-13-7-8-15(11)18(16,17)9-5-12-4-2-3-6-14-12/h2-4,6,11,13H,5,7-10H2,1H3/t11-/m1/s1. The molecule has 1 atom stereocenters. The third-order valence-electron chi connectivity index (χ3n) is 3.14. The van der Waals surface area contributed by atoms with Crippen LogP contribution in [0.25, 0.3) is 0 Å². The van der Waals surface area contributed by atoms with Gasteiger partial charge >= 0.3 is 0 Å². The van der Waals surface area contributed by atoms with Gasteiger partial charge < -0.3 is 5.32 Å². The Kier molecular flexibility index (Phi) is 4.31. The summed E-state index contributed by atoms with van der Waals surface area (Å²) in [5, 5.41) is 3.19. The summed E-state index contributed by atoms with van der Waals surface area (Å²) >= 11 is 0. The summed E-state index contributed by atoms with van der Waals surface area (Å²) in [5.41, 5.74) is 0.823. The second-order valence-corrected chi connectivity index (χ2v) is 6.59. The first kappa shape index (κ1) is 13.5. The van der Waals surface area contributed by atoms with Crippen molar-refractivity contribution in [1.29, 1.82) is 0 Å². The molecule has 2 rings (SSSR count). The van der Waals surface area contributed by atoms with Gasteiger partial charge in [0.15, 0.2) is 0 Å². The first-order chi connectivity index (χ1) is 8.59. The van der Waals surface area contributed by atoms with Crippen LogP contribution in [0.4, 0.5) is 0 Å². The lowest BCUT2D eigenvalue weighted by molar-refractivity contribution is 0.284. The molecule has 2 heterocycles. The molecule has 0 bridgehead atoms. The van der Waals surface area contributed by atoms with Crippen molar-refractivity contribution in [3.63, 3.8) is 0 Å². The molecule has 0 radical (unpaired) electrons. The van der Waals surface area contributed by atoms with E-state index in [9.17, 15) is 8.42 Å². The monoisotopic (exact) mass is 269 g/mol. The quantitative estimate of drug-likeness (QED) is 0.851. The Bertz CT molecular complexity index is 475. The Balaban J connectivity index is 1.99. The Labute approximate surface area is 108 Å². The molecule has 18 heavy (non-hydrogen) atoms. The van der Waals surface area contributed by atoms with E-state index in [1.807, 2.05) is 25.1 Å². The van der Waals surface area contributed by atoms with Crippen molar-refractivity contribution in [2.24, 2.45) is 0 Å². The average Bonchev–Trinajstić information content (AvgIpc) is 2.38. The highest BCUT2D eigenvalue weighted by Gasteiger charge is 2.28. The molecule has 1 saturated heterocycles. The van der Waals surface area contributed by atoms with E-state index < -0.39 is 10.0 Å². The van der Waals surface area contributed by atoms with Gasteiger partial charge in [0.05, 0.1) is 5.75 Å². The first-order valence-electron chi connectivity index (χ1n) is 6.20. The zero-order valence-corrected chi connectivity index (χ0v) is 11.4. The molecule has 1 fully saturated rings. The van der Waals surface area contributed by atoms with Crippen LogP contribution in [0, 0.1) is 0 Å². The molecule has 0 aliphatic carbocycles. The maximum atomic E-state index is 12.2. The van der Waals surface area contributed by atoms with E-state index in [1.54, 1.807) is 10.5 Å². The van der Waals surface area contributed by atoms with Gasteiger partial charge in [0, 0.05) is 44.0 Å². The predicted octanol–water partition coefficient (Wildman–Crippen LogP) is 0.248. The largest absolute Gasteiger partial charge is 0.314 e. The number of aryl methyl sites for hydroxylation is 1. The maximum absolute atomic E-state index is 12.2. The van der Waals surface area contributed by atoms with Crippen molar-refractivity contribution < 1.29 is 8.42 Å². The minimum atomic E-state index is -3.18. The van der Waals surface area contributed by atoms with Gasteiger partial charge in [0.25, 0.3) is 0 Å². The molecule has 1 N–H and O–H groups in total. The van der Waals surface area contributed by atoms with Gasteiger partial charge in [-0.1, -0.05) is 6.07 Å². The third-order valence-corrected chi connectivity index (χ3v) is 5.12. The van der Waals surface area contributed by atoms with E-state index in [2.05, 4.69) is 10.3 Å². The van der Waals surface area contributed by atoms with Crippen LogP contribution in [-0.4, -0.2) is 49.1 Å². The van der Waals surface area contributed by atoms with Crippen molar-refractivity contribution in [2.75, 3.05) is 25.4 Å². The second-order valence-electron chi connectivity index (χ2n) is 4.55. The van der Waals surface area contributed by atoms with E-state index in [1.165, 1.54) is 0 Å². The lowest BCUT2D eigenvalue weighted by Gasteiger charge is -2.32. The summed E-state index contributed by atoms with van der Waals surface area (Å²) in [6, 6.07) is 5.60. The zero-order valence-electron chi connectivity index (χ0n) is 10.5. The van der Waals surface area contributed by atoms with Crippen molar-refractivity contribution >= 4 is 10.0 Å². The van der Waals surface area contributed by atoms with Crippen molar-refractivity contribution in [2.45, 2.75) is 19.4 Å². The smallest absolute Gasteiger partial charge is 0.214 e. The lowest BCUT2D eigenvalue weighted by atomic mass is 10.3. The van der Waals surface area contributed by atoms with Gasteiger partial charge in [0.2, 0.25) is 10.0 Å². The molecule has 0 aromatic carbocycles. The molecule has 0 amide bonds. The lowest BCUT2D eigenvalue weighted by Crippen LogP contribution is -2.52. The zero-order chi connectivity index (χ0) is 13.0.